The average molecular weight is 479 g/mol. The van der Waals surface area contributed by atoms with Crippen LogP contribution in [0.4, 0.5) is 23.7 Å². The van der Waals surface area contributed by atoms with Gasteiger partial charge in [-0.2, -0.15) is 18.2 Å². The molecule has 4 amide bonds. The molecule has 1 aliphatic heterocycles. The van der Waals surface area contributed by atoms with Crippen LogP contribution in [-0.4, -0.2) is 63.4 Å². The van der Waals surface area contributed by atoms with Gasteiger partial charge in [-0.1, -0.05) is 0 Å². The number of carbonyl (C=O) groups is 3. The fraction of sp³-hybridized carbons (Fsp3) is 0.381. The monoisotopic (exact) mass is 479 g/mol. The summed E-state index contributed by atoms with van der Waals surface area (Å²) in [5.74, 6) is -2.95. The summed E-state index contributed by atoms with van der Waals surface area (Å²) in [6, 6.07) is 4.98. The lowest BCUT2D eigenvalue weighted by atomic mass is 10.0. The molecule has 0 aliphatic carbocycles. The molecular formula is C21H24F3N7O3. The smallest absolute Gasteiger partial charge is 0.383 e. The summed E-state index contributed by atoms with van der Waals surface area (Å²) in [6.07, 6.45) is 0.517. The fourth-order valence-electron chi connectivity index (χ4n) is 3.51. The van der Waals surface area contributed by atoms with Crippen LogP contribution in [0.5, 0.6) is 0 Å². The number of likely N-dealkylation sites (tertiary alicyclic amines) is 1. The van der Waals surface area contributed by atoms with Crippen LogP contribution < -0.4 is 16.4 Å². The lowest BCUT2D eigenvalue weighted by molar-refractivity contribution is -0.169. The summed E-state index contributed by atoms with van der Waals surface area (Å²) in [4.78, 5) is 44.6. The first-order valence-electron chi connectivity index (χ1n) is 10.4. The van der Waals surface area contributed by atoms with E-state index in [1.54, 1.807) is 22.7 Å². The van der Waals surface area contributed by atoms with E-state index in [1.807, 2.05) is 0 Å². The van der Waals surface area contributed by atoms with Crippen molar-refractivity contribution in [3.05, 3.63) is 48.0 Å². The van der Waals surface area contributed by atoms with Crippen LogP contribution in [0.1, 0.15) is 35.4 Å². The third-order valence-electron chi connectivity index (χ3n) is 5.31. The Balaban J connectivity index is 1.60. The number of hydrogen-bond acceptors (Lipinski definition) is 4. The lowest BCUT2D eigenvalue weighted by Crippen LogP contribution is -2.51. The van der Waals surface area contributed by atoms with Crippen molar-refractivity contribution in [1.82, 2.24) is 19.8 Å². The number of alkyl halides is 3. The van der Waals surface area contributed by atoms with Crippen molar-refractivity contribution in [3.8, 4) is 0 Å². The number of piperidine rings is 1. The van der Waals surface area contributed by atoms with Crippen LogP contribution >= 0.6 is 0 Å². The van der Waals surface area contributed by atoms with Gasteiger partial charge in [-0.25, -0.2) is 9.78 Å². The van der Waals surface area contributed by atoms with Gasteiger partial charge in [-0.3, -0.25) is 9.59 Å². The van der Waals surface area contributed by atoms with Gasteiger partial charge >= 0.3 is 18.1 Å². The molecule has 0 bridgehead atoms. The number of amides is 4. The molecule has 1 aromatic heterocycles. The number of carbonyl (C=O) groups excluding carboxylic acids is 3. The molecule has 1 fully saturated rings. The number of nitrogens with one attached hydrogen (secondary N) is 2. The summed E-state index contributed by atoms with van der Waals surface area (Å²) < 4.78 is 38.6. The predicted molar refractivity (Wildman–Crippen MR) is 117 cm³/mol. The van der Waals surface area contributed by atoms with E-state index in [0.29, 0.717) is 18.7 Å². The number of benzene rings is 1. The third kappa shape index (κ3) is 6.11. The van der Waals surface area contributed by atoms with E-state index in [4.69, 9.17) is 5.73 Å². The van der Waals surface area contributed by atoms with E-state index in [0.717, 1.165) is 12.8 Å². The highest BCUT2D eigenvalue weighted by molar-refractivity contribution is 6.05. The van der Waals surface area contributed by atoms with E-state index < -0.39 is 17.9 Å². The minimum Gasteiger partial charge on any atom is -0.383 e. The number of nitrogens with zero attached hydrogens (tertiary/aromatic N) is 4. The summed E-state index contributed by atoms with van der Waals surface area (Å²) >= 11 is 0. The topological polar surface area (TPSA) is 135 Å². The second-order valence-electron chi connectivity index (χ2n) is 7.72. The molecule has 10 nitrogen and oxygen atoms in total. The van der Waals surface area contributed by atoms with Gasteiger partial charge in [-0.15, -0.1) is 0 Å². The lowest BCUT2D eigenvalue weighted by Gasteiger charge is -2.35. The van der Waals surface area contributed by atoms with Crippen molar-refractivity contribution in [1.29, 1.82) is 0 Å². The summed E-state index contributed by atoms with van der Waals surface area (Å²) in [7, 11) is 1.71. The number of amidine groups is 1. The molecule has 4 N–H and O–H groups in total. The molecule has 2 aromatic rings. The Bertz CT molecular complexity index is 1080. The summed E-state index contributed by atoms with van der Waals surface area (Å²) in [5.41, 5.74) is 5.95. The second kappa shape index (κ2) is 10.4. The number of urea groups is 1. The van der Waals surface area contributed by atoms with E-state index in [-0.39, 0.29) is 35.9 Å². The molecule has 1 aliphatic rings. The number of rotatable bonds is 5. The molecule has 1 atom stereocenters. The minimum absolute atomic E-state index is 0.100. The van der Waals surface area contributed by atoms with Crippen molar-refractivity contribution >= 4 is 29.4 Å². The number of hydrogen-bond donors (Lipinski definition) is 3. The zero-order valence-electron chi connectivity index (χ0n) is 18.3. The third-order valence-corrected chi connectivity index (χ3v) is 5.31. The molecule has 3 rings (SSSR count). The molecule has 1 aromatic carbocycles. The van der Waals surface area contributed by atoms with Gasteiger partial charge in [0.25, 0.3) is 5.91 Å². The molecule has 2 heterocycles. The number of aliphatic imine (C=N–C) groups is 1. The largest absolute Gasteiger partial charge is 0.473 e. The molecule has 34 heavy (non-hydrogen) atoms. The highest BCUT2D eigenvalue weighted by Gasteiger charge is 2.38. The average Bonchev–Trinajstić information content (AvgIpc) is 3.23. The fourth-order valence-corrected chi connectivity index (χ4v) is 3.51. The molecule has 0 spiro atoms. The Morgan fingerprint density at radius 2 is 1.91 bits per heavy atom. The Morgan fingerprint density at radius 1 is 1.21 bits per heavy atom. The standard InChI is InChI=1S/C21H24F3N7O3/c1-30-11-9-26-17(30)18(32)27-12-15-4-2-3-10-31(15)20(34)28-14-7-5-13(6-8-14)16(25)29-19(33)21(22,23)24/h5-9,11,15H,2-4,10,12H2,1H3,(H,27,32)(H,28,34)(H2,25,29,33). The number of imidazole rings is 1. The SMILES string of the molecule is Cn1ccnc1C(=O)NCC1CCCCN1C(=O)Nc1ccc(C(N)=NC(=O)C(F)(F)F)cc1. The minimum atomic E-state index is -5.11. The van der Waals surface area contributed by atoms with Crippen LogP contribution in [0.3, 0.4) is 0 Å². The molecule has 182 valence electrons. The maximum Gasteiger partial charge on any atom is 0.473 e. The number of halogens is 3. The summed E-state index contributed by atoms with van der Waals surface area (Å²) in [6.45, 7) is 0.768. The molecule has 1 unspecified atom stereocenters. The first-order valence-corrected chi connectivity index (χ1v) is 10.4. The van der Waals surface area contributed by atoms with Gasteiger partial charge < -0.3 is 25.8 Å². The van der Waals surface area contributed by atoms with Gasteiger partial charge in [0.15, 0.2) is 5.82 Å². The number of aromatic nitrogens is 2. The number of aryl methyl sites for hydroxylation is 1. The van der Waals surface area contributed by atoms with Crippen LogP contribution in [-0.2, 0) is 11.8 Å². The van der Waals surface area contributed by atoms with E-state index >= 15 is 0 Å². The molecular weight excluding hydrogens is 455 g/mol. The highest BCUT2D eigenvalue weighted by Crippen LogP contribution is 2.20. The van der Waals surface area contributed by atoms with E-state index in [2.05, 4.69) is 20.6 Å². The van der Waals surface area contributed by atoms with Gasteiger partial charge in [0.05, 0.1) is 6.04 Å². The van der Waals surface area contributed by atoms with Crippen molar-refractivity contribution in [3.63, 3.8) is 0 Å². The first kappa shape index (κ1) is 24.7. The van der Waals surface area contributed by atoms with Crippen molar-refractivity contribution in [2.24, 2.45) is 17.8 Å². The van der Waals surface area contributed by atoms with Crippen LogP contribution in [0.15, 0.2) is 41.7 Å². The zero-order valence-corrected chi connectivity index (χ0v) is 18.3. The molecule has 13 heteroatoms. The second-order valence-corrected chi connectivity index (χ2v) is 7.72. The first-order chi connectivity index (χ1) is 16.1. The highest BCUT2D eigenvalue weighted by atomic mass is 19.4. The van der Waals surface area contributed by atoms with Gasteiger partial charge in [-0.05, 0) is 43.5 Å². The molecule has 0 radical (unpaired) electrons. The Labute approximate surface area is 193 Å². The van der Waals surface area contributed by atoms with Gasteiger partial charge in [0, 0.05) is 43.8 Å². The zero-order chi connectivity index (χ0) is 24.9. The predicted octanol–water partition coefficient (Wildman–Crippen LogP) is 2.03. The summed E-state index contributed by atoms with van der Waals surface area (Å²) in [5, 5.41) is 5.54. The quantitative estimate of drug-likeness (QED) is 0.446. The van der Waals surface area contributed by atoms with Crippen LogP contribution in [0.2, 0.25) is 0 Å². The Hall–Kier alpha value is -3.90. The van der Waals surface area contributed by atoms with Crippen LogP contribution in [0, 0.1) is 0 Å². The van der Waals surface area contributed by atoms with Gasteiger partial charge in [0.1, 0.15) is 5.84 Å². The van der Waals surface area contributed by atoms with Crippen LogP contribution in [0.25, 0.3) is 0 Å². The van der Waals surface area contributed by atoms with Gasteiger partial charge in [0.2, 0.25) is 0 Å². The van der Waals surface area contributed by atoms with Crippen molar-refractivity contribution in [2.75, 3.05) is 18.4 Å². The maximum atomic E-state index is 12.8. The van der Waals surface area contributed by atoms with E-state index in [9.17, 15) is 27.6 Å². The maximum absolute atomic E-state index is 12.8. The molecule has 0 saturated carbocycles. The normalized spacial score (nSPS) is 16.8. The Kier molecular flexibility index (Phi) is 7.54. The van der Waals surface area contributed by atoms with Crippen molar-refractivity contribution in [2.45, 2.75) is 31.5 Å². The van der Waals surface area contributed by atoms with E-state index in [1.165, 1.54) is 30.5 Å². The Morgan fingerprint density at radius 3 is 2.53 bits per heavy atom. The molecule has 1 saturated heterocycles. The number of nitrogens with two attached hydrogens (primary N) is 1. The number of anilines is 1. The van der Waals surface area contributed by atoms with Crippen molar-refractivity contribution < 1.29 is 27.6 Å².